The van der Waals surface area contributed by atoms with E-state index in [1.54, 1.807) is 28.0 Å². The van der Waals surface area contributed by atoms with E-state index in [-0.39, 0.29) is 35.5 Å². The summed E-state index contributed by atoms with van der Waals surface area (Å²) < 4.78 is 7.56. The van der Waals surface area contributed by atoms with Crippen LogP contribution in [0.4, 0.5) is 5.82 Å². The number of hydrogen-bond acceptors (Lipinski definition) is 6. The van der Waals surface area contributed by atoms with E-state index < -0.39 is 0 Å². The number of rotatable bonds is 7. The Morgan fingerprint density at radius 1 is 1.15 bits per heavy atom. The largest absolute Gasteiger partial charge is 0.376 e. The molecule has 0 aliphatic carbocycles. The van der Waals surface area contributed by atoms with E-state index in [4.69, 9.17) is 9.84 Å². The van der Waals surface area contributed by atoms with Crippen molar-refractivity contribution in [3.63, 3.8) is 0 Å². The number of aromatic nitrogens is 2. The molecule has 40 heavy (non-hydrogen) atoms. The molecule has 9 heteroatoms. The molecule has 0 saturated carbocycles. The van der Waals surface area contributed by atoms with E-state index in [1.807, 2.05) is 28.9 Å². The second-order valence-electron chi connectivity index (χ2n) is 10.3. The number of nitrogens with one attached hydrogen (secondary N) is 1. The zero-order valence-electron chi connectivity index (χ0n) is 22.6. The quantitative estimate of drug-likeness (QED) is 0.308. The SMILES string of the molecule is Cc1ccc(-n2nc(-c3ccccc3)c3c2N(CC(=O)NC[C@@H]2CCCO2)C(=O)CS[C@@H]3c2ccsc2)c(C)c1. The number of ether oxygens (including phenoxy) is 1. The van der Waals surface area contributed by atoms with Crippen LogP contribution in [0.2, 0.25) is 0 Å². The van der Waals surface area contributed by atoms with Crippen molar-refractivity contribution in [2.24, 2.45) is 0 Å². The molecule has 1 N–H and O–H groups in total. The maximum atomic E-state index is 13.8. The maximum Gasteiger partial charge on any atom is 0.240 e. The number of carbonyl (C=O) groups excluding carboxylic acids is 2. The zero-order chi connectivity index (χ0) is 27.6. The van der Waals surface area contributed by atoms with Crippen LogP contribution in [0.3, 0.4) is 0 Å². The van der Waals surface area contributed by atoms with Crippen molar-refractivity contribution in [3.8, 4) is 16.9 Å². The molecule has 7 nitrogen and oxygen atoms in total. The summed E-state index contributed by atoms with van der Waals surface area (Å²) in [6.07, 6.45) is 1.97. The highest BCUT2D eigenvalue weighted by atomic mass is 32.2. The third-order valence-corrected chi connectivity index (χ3v) is 9.37. The smallest absolute Gasteiger partial charge is 0.240 e. The minimum absolute atomic E-state index is 0.0308. The molecule has 2 aliphatic heterocycles. The van der Waals surface area contributed by atoms with Crippen molar-refractivity contribution >= 4 is 40.7 Å². The minimum atomic E-state index is -0.205. The molecule has 2 amide bonds. The van der Waals surface area contributed by atoms with Gasteiger partial charge >= 0.3 is 0 Å². The number of thiophene rings is 1. The second kappa shape index (κ2) is 11.6. The molecule has 2 aromatic carbocycles. The van der Waals surface area contributed by atoms with Crippen molar-refractivity contribution < 1.29 is 14.3 Å². The predicted octanol–water partition coefficient (Wildman–Crippen LogP) is 5.68. The average molecular weight is 573 g/mol. The number of amides is 2. The lowest BCUT2D eigenvalue weighted by Gasteiger charge is -2.24. The van der Waals surface area contributed by atoms with Gasteiger partial charge in [0.1, 0.15) is 12.4 Å². The van der Waals surface area contributed by atoms with Gasteiger partial charge in [0.15, 0.2) is 0 Å². The Morgan fingerprint density at radius 2 is 2.00 bits per heavy atom. The van der Waals surface area contributed by atoms with Crippen LogP contribution in [0.1, 0.15) is 40.3 Å². The van der Waals surface area contributed by atoms with Crippen LogP contribution in [-0.2, 0) is 14.3 Å². The topological polar surface area (TPSA) is 76.5 Å². The van der Waals surface area contributed by atoms with E-state index in [0.29, 0.717) is 12.4 Å². The monoisotopic (exact) mass is 572 g/mol. The van der Waals surface area contributed by atoms with Gasteiger partial charge in [-0.1, -0.05) is 48.0 Å². The summed E-state index contributed by atoms with van der Waals surface area (Å²) in [5, 5.41) is 12.3. The summed E-state index contributed by atoms with van der Waals surface area (Å²) in [6.45, 7) is 5.22. The third-order valence-electron chi connectivity index (χ3n) is 7.42. The first-order valence-corrected chi connectivity index (χ1v) is 15.6. The van der Waals surface area contributed by atoms with Gasteiger partial charge in [0.05, 0.1) is 28.5 Å². The molecule has 1 fully saturated rings. The maximum absolute atomic E-state index is 13.8. The summed E-state index contributed by atoms with van der Waals surface area (Å²) in [7, 11) is 0. The van der Waals surface area contributed by atoms with E-state index in [1.165, 1.54) is 0 Å². The second-order valence-corrected chi connectivity index (χ2v) is 12.2. The highest BCUT2D eigenvalue weighted by molar-refractivity contribution is 8.00. The molecule has 0 spiro atoms. The van der Waals surface area contributed by atoms with Crippen molar-refractivity contribution in [1.29, 1.82) is 0 Å². The molecule has 0 bridgehead atoms. The Balaban J connectivity index is 1.52. The first-order valence-electron chi connectivity index (χ1n) is 13.6. The highest BCUT2D eigenvalue weighted by Gasteiger charge is 2.38. The third kappa shape index (κ3) is 5.33. The molecule has 0 radical (unpaired) electrons. The standard InChI is InChI=1S/C31H32N4O3S2/c1-20-10-11-25(21(2)15-20)35-31-28(29(33-35)22-7-4-3-5-8-22)30(23-12-14-39-18-23)40-19-27(37)34(31)17-26(36)32-16-24-9-6-13-38-24/h3-5,7-8,10-12,14-15,18,24,30H,6,9,13,16-17,19H2,1-2H3,(H,32,36)/t24-,30+/m0/s1. The van der Waals surface area contributed by atoms with E-state index in [2.05, 4.69) is 60.3 Å². The van der Waals surface area contributed by atoms with E-state index in [9.17, 15) is 9.59 Å². The lowest BCUT2D eigenvalue weighted by atomic mass is 10.0. The molecule has 2 aliphatic rings. The minimum Gasteiger partial charge on any atom is -0.376 e. The fourth-order valence-corrected chi connectivity index (χ4v) is 7.42. The number of anilines is 1. The van der Waals surface area contributed by atoms with Crippen LogP contribution < -0.4 is 10.2 Å². The first kappa shape index (κ1) is 26.8. The van der Waals surface area contributed by atoms with Gasteiger partial charge in [-0.15, -0.1) is 11.8 Å². The summed E-state index contributed by atoms with van der Waals surface area (Å²) in [5.41, 5.74) is 6.95. The van der Waals surface area contributed by atoms with E-state index in [0.717, 1.165) is 58.6 Å². The van der Waals surface area contributed by atoms with Crippen LogP contribution in [0.25, 0.3) is 16.9 Å². The highest BCUT2D eigenvalue weighted by Crippen LogP contribution is 2.49. The molecule has 2 atom stereocenters. The average Bonchev–Trinajstić information content (AvgIpc) is 3.72. The van der Waals surface area contributed by atoms with Crippen LogP contribution in [-0.4, -0.2) is 53.1 Å². The number of thioether (sulfide) groups is 1. The van der Waals surface area contributed by atoms with Crippen molar-refractivity contribution in [2.45, 2.75) is 38.0 Å². The number of hydrogen-bond donors (Lipinski definition) is 1. The first-order chi connectivity index (χ1) is 19.5. The molecular formula is C31H32N4O3S2. The number of benzene rings is 2. The van der Waals surface area contributed by atoms with Gasteiger partial charge in [-0.05, 0) is 60.7 Å². The van der Waals surface area contributed by atoms with E-state index >= 15 is 0 Å². The number of carbonyl (C=O) groups is 2. The summed E-state index contributed by atoms with van der Waals surface area (Å²) in [4.78, 5) is 28.7. The molecule has 4 heterocycles. The molecule has 2 aromatic heterocycles. The summed E-state index contributed by atoms with van der Waals surface area (Å²) >= 11 is 3.23. The Labute approximate surface area is 242 Å². The summed E-state index contributed by atoms with van der Waals surface area (Å²) in [5.74, 6) is 0.601. The van der Waals surface area contributed by atoms with Gasteiger partial charge in [0.25, 0.3) is 0 Å². The van der Waals surface area contributed by atoms with Gasteiger partial charge in [0.2, 0.25) is 11.8 Å². The lowest BCUT2D eigenvalue weighted by molar-refractivity contribution is -0.123. The Kier molecular flexibility index (Phi) is 7.78. The van der Waals surface area contributed by atoms with Gasteiger partial charge in [0, 0.05) is 24.3 Å². The van der Waals surface area contributed by atoms with Gasteiger partial charge in [-0.3, -0.25) is 14.5 Å². The fourth-order valence-electron chi connectivity index (χ4n) is 5.46. The number of aryl methyl sites for hydroxylation is 2. The Bertz CT molecular complexity index is 1510. The molecule has 0 unspecified atom stereocenters. The zero-order valence-corrected chi connectivity index (χ0v) is 24.3. The van der Waals surface area contributed by atoms with Gasteiger partial charge in [-0.25, -0.2) is 4.68 Å². The fraction of sp³-hybridized carbons (Fsp3) is 0.323. The molecule has 206 valence electrons. The predicted molar refractivity (Wildman–Crippen MR) is 161 cm³/mol. The van der Waals surface area contributed by atoms with Crippen LogP contribution in [0, 0.1) is 13.8 Å². The Morgan fingerprint density at radius 3 is 2.73 bits per heavy atom. The van der Waals surface area contributed by atoms with Gasteiger partial charge < -0.3 is 10.1 Å². The normalized spacial score (nSPS) is 18.9. The van der Waals surface area contributed by atoms with Gasteiger partial charge in [-0.2, -0.15) is 16.4 Å². The summed E-state index contributed by atoms with van der Waals surface area (Å²) in [6, 6.07) is 18.4. The van der Waals surface area contributed by atoms with Crippen LogP contribution in [0.15, 0.2) is 65.4 Å². The molecule has 6 rings (SSSR count). The van der Waals surface area contributed by atoms with Crippen LogP contribution >= 0.6 is 23.1 Å². The Hall–Kier alpha value is -3.40. The van der Waals surface area contributed by atoms with Crippen LogP contribution in [0.5, 0.6) is 0 Å². The van der Waals surface area contributed by atoms with Crippen molar-refractivity contribution in [3.05, 3.63) is 87.6 Å². The number of fused-ring (bicyclic) bond motifs is 1. The molecule has 4 aromatic rings. The molecule has 1 saturated heterocycles. The van der Waals surface area contributed by atoms with Crippen molar-refractivity contribution in [1.82, 2.24) is 15.1 Å². The lowest BCUT2D eigenvalue weighted by Crippen LogP contribution is -2.44. The van der Waals surface area contributed by atoms with Crippen molar-refractivity contribution in [2.75, 3.05) is 30.3 Å². The number of nitrogens with zero attached hydrogens (tertiary/aromatic N) is 3. The molecular weight excluding hydrogens is 541 g/mol.